The molecule has 1 fully saturated rings. The Morgan fingerprint density at radius 3 is 2.93 bits per heavy atom. The molecule has 4 atom stereocenters. The van der Waals surface area contributed by atoms with Crippen molar-refractivity contribution in [3.8, 4) is 0 Å². The molecule has 0 amide bonds. The highest BCUT2D eigenvalue weighted by atomic mass is 33.1. The topological polar surface area (TPSA) is 105 Å². The minimum Gasteiger partial charge on any atom is -0.460 e. The molecule has 2 aromatic heterocycles. The molecule has 3 rings (SSSR count). The minimum atomic E-state index is -0.307. The van der Waals surface area contributed by atoms with E-state index in [0.717, 1.165) is 17.9 Å². The molecule has 0 aliphatic carbocycles. The monoisotopic (exact) mass is 411 g/mol. The van der Waals surface area contributed by atoms with Crippen LogP contribution in [0, 0.1) is 0 Å². The molecular formula is C17H25N5O3S2. The fourth-order valence-electron chi connectivity index (χ4n) is 2.94. The first-order valence-corrected chi connectivity index (χ1v) is 11.3. The number of rotatable bonds is 7. The summed E-state index contributed by atoms with van der Waals surface area (Å²) in [5, 5.41) is 1.25. The molecule has 2 aromatic rings. The Balaban J connectivity index is 1.88. The third kappa shape index (κ3) is 4.49. The molecule has 2 N–H and O–H groups in total. The van der Waals surface area contributed by atoms with Crippen LogP contribution in [0.2, 0.25) is 0 Å². The Bertz CT molecular complexity index is 815. The number of nitrogens with zero attached hydrogens (tertiary/aromatic N) is 4. The van der Waals surface area contributed by atoms with E-state index in [4.69, 9.17) is 15.2 Å². The van der Waals surface area contributed by atoms with Gasteiger partial charge in [0.2, 0.25) is 5.95 Å². The highest BCUT2D eigenvalue weighted by molar-refractivity contribution is 8.77. The summed E-state index contributed by atoms with van der Waals surface area (Å²) in [5.41, 5.74) is 7.28. The Morgan fingerprint density at radius 1 is 1.48 bits per heavy atom. The number of nitrogen functional groups attached to an aromatic ring is 1. The van der Waals surface area contributed by atoms with Crippen LogP contribution in [0.3, 0.4) is 0 Å². The predicted octanol–water partition coefficient (Wildman–Crippen LogP) is 3.58. The van der Waals surface area contributed by atoms with Gasteiger partial charge in [0.15, 0.2) is 5.65 Å². The number of esters is 1. The summed E-state index contributed by atoms with van der Waals surface area (Å²) in [6, 6.07) is 0. The first-order valence-electron chi connectivity index (χ1n) is 9.08. The number of aromatic nitrogens is 4. The van der Waals surface area contributed by atoms with Crippen LogP contribution in [0.5, 0.6) is 0 Å². The Morgan fingerprint density at radius 2 is 2.26 bits per heavy atom. The lowest BCUT2D eigenvalue weighted by Crippen LogP contribution is -2.25. The van der Waals surface area contributed by atoms with E-state index in [9.17, 15) is 4.79 Å². The molecule has 27 heavy (non-hydrogen) atoms. The zero-order valence-corrected chi connectivity index (χ0v) is 17.5. The molecule has 0 aromatic carbocycles. The first kappa shape index (κ1) is 20.2. The number of anilines is 1. The lowest BCUT2D eigenvalue weighted by molar-refractivity contribution is -0.149. The molecule has 1 saturated heterocycles. The number of hydrogen-bond acceptors (Lipinski definition) is 9. The molecule has 0 saturated carbocycles. The SMILES string of the molecule is CCC(C)SSc1nc(N)nc2c1ncn2C1C[C@H](OC(C)=O)[C@@H](CC)O1. The van der Waals surface area contributed by atoms with Gasteiger partial charge in [-0.3, -0.25) is 9.36 Å². The number of hydrogen-bond donors (Lipinski definition) is 1. The molecule has 0 radical (unpaired) electrons. The van der Waals surface area contributed by atoms with Crippen molar-refractivity contribution in [2.24, 2.45) is 0 Å². The van der Waals surface area contributed by atoms with Crippen molar-refractivity contribution in [3.63, 3.8) is 0 Å². The van der Waals surface area contributed by atoms with Crippen molar-refractivity contribution in [2.45, 2.75) is 75.7 Å². The summed E-state index contributed by atoms with van der Waals surface area (Å²) in [4.78, 5) is 24.6. The maximum Gasteiger partial charge on any atom is 0.302 e. The van der Waals surface area contributed by atoms with E-state index in [1.165, 1.54) is 6.92 Å². The molecule has 0 spiro atoms. The molecule has 10 heteroatoms. The highest BCUT2D eigenvalue weighted by Crippen LogP contribution is 2.39. The second-order valence-electron chi connectivity index (χ2n) is 6.53. The average Bonchev–Trinajstić information content (AvgIpc) is 3.22. The summed E-state index contributed by atoms with van der Waals surface area (Å²) in [6.07, 6.45) is 3.35. The van der Waals surface area contributed by atoms with Crippen LogP contribution >= 0.6 is 21.6 Å². The molecule has 1 aliphatic rings. The minimum absolute atomic E-state index is 0.148. The number of imidazole rings is 1. The van der Waals surface area contributed by atoms with E-state index >= 15 is 0 Å². The lowest BCUT2D eigenvalue weighted by atomic mass is 10.1. The average molecular weight is 412 g/mol. The van der Waals surface area contributed by atoms with Gasteiger partial charge in [-0.15, -0.1) is 0 Å². The third-order valence-electron chi connectivity index (χ3n) is 4.48. The van der Waals surface area contributed by atoms with E-state index in [2.05, 4.69) is 28.8 Å². The fourth-order valence-corrected chi connectivity index (χ4v) is 5.21. The van der Waals surface area contributed by atoms with Gasteiger partial charge in [-0.2, -0.15) is 4.98 Å². The van der Waals surface area contributed by atoms with Gasteiger partial charge in [-0.1, -0.05) is 31.6 Å². The second kappa shape index (κ2) is 8.66. The van der Waals surface area contributed by atoms with Crippen LogP contribution < -0.4 is 5.73 Å². The smallest absolute Gasteiger partial charge is 0.302 e. The van der Waals surface area contributed by atoms with Crippen molar-refractivity contribution >= 4 is 44.7 Å². The van der Waals surface area contributed by atoms with E-state index in [1.807, 2.05) is 11.5 Å². The molecule has 3 heterocycles. The zero-order valence-electron chi connectivity index (χ0n) is 15.9. The van der Waals surface area contributed by atoms with Gasteiger partial charge in [0, 0.05) is 18.6 Å². The van der Waals surface area contributed by atoms with Crippen LogP contribution in [0.15, 0.2) is 11.4 Å². The van der Waals surface area contributed by atoms with Crippen molar-refractivity contribution in [1.29, 1.82) is 0 Å². The van der Waals surface area contributed by atoms with Crippen LogP contribution in [-0.4, -0.2) is 42.9 Å². The number of carbonyl (C=O) groups excluding carboxylic acids is 1. The number of fused-ring (bicyclic) bond motifs is 1. The van der Waals surface area contributed by atoms with Gasteiger partial charge in [0.05, 0.1) is 12.4 Å². The number of nitrogens with two attached hydrogens (primary N) is 1. The maximum atomic E-state index is 11.4. The zero-order chi connectivity index (χ0) is 19.6. The summed E-state index contributed by atoms with van der Waals surface area (Å²) >= 11 is 0. The Labute approximate surface area is 166 Å². The Hall–Kier alpha value is -1.52. The molecule has 1 aliphatic heterocycles. The summed E-state index contributed by atoms with van der Waals surface area (Å²) in [7, 11) is 3.30. The first-order chi connectivity index (χ1) is 12.9. The summed E-state index contributed by atoms with van der Waals surface area (Å²) in [6.45, 7) is 7.75. The van der Waals surface area contributed by atoms with Gasteiger partial charge in [-0.25, -0.2) is 9.97 Å². The van der Waals surface area contributed by atoms with Crippen molar-refractivity contribution in [1.82, 2.24) is 19.5 Å². The molecular weight excluding hydrogens is 386 g/mol. The van der Waals surface area contributed by atoms with Crippen LogP contribution in [0.4, 0.5) is 5.95 Å². The van der Waals surface area contributed by atoms with E-state index in [1.54, 1.807) is 27.9 Å². The van der Waals surface area contributed by atoms with Crippen molar-refractivity contribution < 1.29 is 14.3 Å². The normalized spacial score (nSPS) is 23.6. The highest BCUT2D eigenvalue weighted by Gasteiger charge is 2.38. The van der Waals surface area contributed by atoms with Gasteiger partial charge >= 0.3 is 5.97 Å². The quantitative estimate of drug-likeness (QED) is 0.416. The van der Waals surface area contributed by atoms with Gasteiger partial charge in [0.25, 0.3) is 0 Å². The van der Waals surface area contributed by atoms with E-state index < -0.39 is 0 Å². The van der Waals surface area contributed by atoms with E-state index in [-0.39, 0.29) is 30.4 Å². The van der Waals surface area contributed by atoms with Gasteiger partial charge in [-0.05, 0) is 23.6 Å². The third-order valence-corrected chi connectivity index (χ3v) is 7.43. The maximum absolute atomic E-state index is 11.4. The summed E-state index contributed by atoms with van der Waals surface area (Å²) in [5.74, 6) is -0.0939. The summed E-state index contributed by atoms with van der Waals surface area (Å²) < 4.78 is 13.4. The standard InChI is InChI=1S/C17H25N5O3S2/c1-5-9(3)26-27-16-14-15(20-17(18)21-16)22(8-19-14)13-7-12(24-10(4)23)11(6-2)25-13/h8-9,11-13H,5-7H2,1-4H3,(H2,18,20,21)/t9?,11-,12+,13?/m1/s1. The molecule has 0 bridgehead atoms. The molecule has 148 valence electrons. The van der Waals surface area contributed by atoms with Gasteiger partial charge < -0.3 is 15.2 Å². The number of ether oxygens (including phenoxy) is 2. The Kier molecular flexibility index (Phi) is 6.48. The number of carbonyl (C=O) groups is 1. The van der Waals surface area contributed by atoms with Crippen molar-refractivity contribution in [3.05, 3.63) is 6.33 Å². The van der Waals surface area contributed by atoms with Crippen molar-refractivity contribution in [2.75, 3.05) is 5.73 Å². The molecule has 8 nitrogen and oxygen atoms in total. The van der Waals surface area contributed by atoms with Gasteiger partial charge in [0.1, 0.15) is 22.9 Å². The van der Waals surface area contributed by atoms with Crippen LogP contribution in [-0.2, 0) is 14.3 Å². The van der Waals surface area contributed by atoms with Crippen LogP contribution in [0.1, 0.15) is 53.2 Å². The fraction of sp³-hybridized carbons (Fsp3) is 0.647. The largest absolute Gasteiger partial charge is 0.460 e. The van der Waals surface area contributed by atoms with E-state index in [0.29, 0.717) is 22.8 Å². The second-order valence-corrected chi connectivity index (χ2v) is 9.16. The predicted molar refractivity (Wildman–Crippen MR) is 107 cm³/mol. The van der Waals surface area contributed by atoms with Crippen LogP contribution in [0.25, 0.3) is 11.2 Å². The molecule has 2 unspecified atom stereocenters. The lowest BCUT2D eigenvalue weighted by Gasteiger charge is -2.16.